The van der Waals surface area contributed by atoms with Crippen molar-refractivity contribution in [3.63, 3.8) is 0 Å². The summed E-state index contributed by atoms with van der Waals surface area (Å²) >= 11 is 11.2. The third kappa shape index (κ3) is 2.80. The summed E-state index contributed by atoms with van der Waals surface area (Å²) in [6.07, 6.45) is 0. The first-order valence-electron chi connectivity index (χ1n) is 3.63. The second kappa shape index (κ2) is 4.34. The normalized spacial score (nSPS) is 11.3. The summed E-state index contributed by atoms with van der Waals surface area (Å²) in [6, 6.07) is 4.07. The lowest BCUT2D eigenvalue weighted by Gasteiger charge is -2.04. The molecule has 0 atom stereocenters. The largest absolute Gasteiger partial charge is 0.306 e. The lowest BCUT2D eigenvalue weighted by atomic mass is 10.4. The van der Waals surface area contributed by atoms with E-state index >= 15 is 0 Å². The Bertz CT molecular complexity index is 479. The molecule has 0 aliphatic carbocycles. The third-order valence-electron chi connectivity index (χ3n) is 1.51. The minimum absolute atomic E-state index is 0.121. The topological polar surface area (TPSA) is 77.3 Å². The van der Waals surface area contributed by atoms with Crippen molar-refractivity contribution in [2.45, 2.75) is 4.90 Å². The van der Waals surface area contributed by atoms with Gasteiger partial charge in [0.2, 0.25) is 9.84 Å². The van der Waals surface area contributed by atoms with Crippen molar-refractivity contribution in [1.82, 2.24) is 0 Å². The van der Waals surface area contributed by atoms with Gasteiger partial charge in [0.05, 0.1) is 10.0 Å². The number of rotatable bonds is 3. The van der Waals surface area contributed by atoms with E-state index in [1.165, 1.54) is 18.2 Å². The zero-order valence-electron chi connectivity index (χ0n) is 7.18. The molecule has 1 rings (SSSR count). The Kier molecular flexibility index (Phi) is 3.54. The molecule has 0 aliphatic heterocycles. The van der Waals surface area contributed by atoms with E-state index < -0.39 is 25.5 Å². The number of nitrogens with zero attached hydrogens (tertiary/aromatic N) is 1. The molecule has 0 spiro atoms. The van der Waals surface area contributed by atoms with Crippen molar-refractivity contribution in [3.8, 4) is 0 Å². The summed E-state index contributed by atoms with van der Waals surface area (Å²) < 4.78 is 22.9. The zero-order chi connectivity index (χ0) is 11.6. The van der Waals surface area contributed by atoms with Gasteiger partial charge in [-0.15, -0.1) is 0 Å². The van der Waals surface area contributed by atoms with Crippen LogP contribution in [0, 0.1) is 10.1 Å². The first-order chi connectivity index (χ1) is 6.84. The molecule has 5 nitrogen and oxygen atoms in total. The van der Waals surface area contributed by atoms with Crippen molar-refractivity contribution in [2.24, 2.45) is 0 Å². The van der Waals surface area contributed by atoms with Crippen LogP contribution in [0.1, 0.15) is 0 Å². The zero-order valence-corrected chi connectivity index (χ0v) is 9.51. The Morgan fingerprint density at radius 1 is 1.27 bits per heavy atom. The average molecular weight is 270 g/mol. The summed E-state index contributed by atoms with van der Waals surface area (Å²) in [5, 5.41) is 9.91. The van der Waals surface area contributed by atoms with E-state index in [4.69, 9.17) is 23.2 Å². The predicted octanol–water partition coefficient (Wildman–Crippen LogP) is 2.00. The van der Waals surface area contributed by atoms with E-state index in [-0.39, 0.29) is 10.0 Å². The van der Waals surface area contributed by atoms with E-state index in [1.54, 1.807) is 0 Å². The molecule has 82 valence electrons. The molecule has 15 heavy (non-hydrogen) atoms. The maximum absolute atomic E-state index is 11.5. The monoisotopic (exact) mass is 269 g/mol. The quantitative estimate of drug-likeness (QED) is 0.621. The molecule has 0 heterocycles. The molecule has 0 unspecified atom stereocenters. The van der Waals surface area contributed by atoms with Gasteiger partial charge in [0.15, 0.2) is 0 Å². The third-order valence-corrected chi connectivity index (χ3v) is 3.97. The van der Waals surface area contributed by atoms with Gasteiger partial charge in [-0.3, -0.25) is 10.1 Å². The molecule has 0 saturated carbocycles. The number of nitro groups is 1. The van der Waals surface area contributed by atoms with Crippen LogP contribution >= 0.6 is 23.2 Å². The highest BCUT2D eigenvalue weighted by molar-refractivity contribution is 7.91. The second-order valence-electron chi connectivity index (χ2n) is 2.63. The lowest BCUT2D eigenvalue weighted by molar-refractivity contribution is -0.458. The van der Waals surface area contributed by atoms with Crippen LogP contribution in [0.25, 0.3) is 0 Å². The smallest absolute Gasteiger partial charge is 0.263 e. The summed E-state index contributed by atoms with van der Waals surface area (Å²) in [7, 11) is -4.08. The minimum Gasteiger partial charge on any atom is -0.263 e. The van der Waals surface area contributed by atoms with Gasteiger partial charge in [-0.2, -0.15) is 0 Å². The van der Waals surface area contributed by atoms with Crippen LogP contribution in [0.15, 0.2) is 23.1 Å². The maximum atomic E-state index is 11.5. The van der Waals surface area contributed by atoms with Crippen LogP contribution in [0.5, 0.6) is 0 Å². The Balaban J connectivity index is 3.33. The molecule has 1 aromatic carbocycles. The molecule has 0 aromatic heterocycles. The molecule has 0 amide bonds. The fraction of sp³-hybridized carbons (Fsp3) is 0.143. The maximum Gasteiger partial charge on any atom is 0.306 e. The molecule has 0 bridgehead atoms. The molecule has 0 radical (unpaired) electrons. The molecule has 8 heteroatoms. The van der Waals surface area contributed by atoms with E-state index in [2.05, 4.69) is 0 Å². The van der Waals surface area contributed by atoms with E-state index in [1.807, 2.05) is 0 Å². The highest BCUT2D eigenvalue weighted by Crippen LogP contribution is 2.29. The van der Waals surface area contributed by atoms with Gasteiger partial charge in [0.1, 0.15) is 4.90 Å². The first-order valence-corrected chi connectivity index (χ1v) is 6.04. The molecule has 0 N–H and O–H groups in total. The Morgan fingerprint density at radius 2 is 1.73 bits per heavy atom. The molecular weight excluding hydrogens is 265 g/mol. The van der Waals surface area contributed by atoms with E-state index in [0.717, 1.165) is 0 Å². The van der Waals surface area contributed by atoms with Crippen LogP contribution in [0.2, 0.25) is 10.0 Å². The number of halogens is 2. The second-order valence-corrected chi connectivity index (χ2v) is 5.34. The lowest BCUT2D eigenvalue weighted by Crippen LogP contribution is -2.15. The fourth-order valence-corrected chi connectivity index (χ4v) is 3.22. The minimum atomic E-state index is -4.08. The van der Waals surface area contributed by atoms with Crippen molar-refractivity contribution < 1.29 is 13.3 Å². The van der Waals surface area contributed by atoms with E-state index in [9.17, 15) is 18.5 Å². The molecule has 0 aliphatic rings. The highest BCUT2D eigenvalue weighted by Gasteiger charge is 2.26. The SMILES string of the molecule is O=[N+]([O-])CS(=O)(=O)c1c(Cl)cccc1Cl. The van der Waals surface area contributed by atoms with E-state index in [0.29, 0.717) is 0 Å². The Morgan fingerprint density at radius 3 is 2.13 bits per heavy atom. The number of hydrogen-bond acceptors (Lipinski definition) is 4. The van der Waals surface area contributed by atoms with Gasteiger partial charge in [0, 0.05) is 4.92 Å². The van der Waals surface area contributed by atoms with Crippen molar-refractivity contribution in [1.29, 1.82) is 0 Å². The van der Waals surface area contributed by atoms with Gasteiger partial charge >= 0.3 is 5.88 Å². The van der Waals surface area contributed by atoms with Crippen LogP contribution in [-0.2, 0) is 9.84 Å². The van der Waals surface area contributed by atoms with Crippen molar-refractivity contribution >= 4 is 33.0 Å². The van der Waals surface area contributed by atoms with Crippen LogP contribution < -0.4 is 0 Å². The number of hydrogen-bond donors (Lipinski definition) is 0. The fourth-order valence-electron chi connectivity index (χ4n) is 0.983. The van der Waals surface area contributed by atoms with Gasteiger partial charge in [-0.05, 0) is 12.1 Å². The molecular formula is C7H5Cl2NO4S. The Hall–Kier alpha value is -0.850. The number of benzene rings is 1. The molecule has 0 fully saturated rings. The van der Waals surface area contributed by atoms with Gasteiger partial charge in [0.25, 0.3) is 0 Å². The molecule has 0 saturated heterocycles. The standard InChI is InChI=1S/C7H5Cl2NO4S/c8-5-2-1-3-6(9)7(5)15(13,14)4-10(11)12/h1-3H,4H2. The van der Waals surface area contributed by atoms with Gasteiger partial charge < -0.3 is 0 Å². The van der Waals surface area contributed by atoms with Crippen LogP contribution in [-0.4, -0.2) is 19.2 Å². The summed E-state index contributed by atoms with van der Waals surface area (Å²) in [5.74, 6) is -1.23. The highest BCUT2D eigenvalue weighted by atomic mass is 35.5. The van der Waals surface area contributed by atoms with Crippen LogP contribution in [0.3, 0.4) is 0 Å². The number of sulfone groups is 1. The van der Waals surface area contributed by atoms with Crippen molar-refractivity contribution in [2.75, 3.05) is 5.88 Å². The van der Waals surface area contributed by atoms with Crippen LogP contribution in [0.4, 0.5) is 0 Å². The predicted molar refractivity (Wildman–Crippen MR) is 55.5 cm³/mol. The molecule has 1 aromatic rings. The van der Waals surface area contributed by atoms with Gasteiger partial charge in [-0.25, -0.2) is 8.42 Å². The Labute approximate surface area is 95.7 Å². The average Bonchev–Trinajstić information content (AvgIpc) is 1.99. The first kappa shape index (κ1) is 12.2. The summed E-state index contributed by atoms with van der Waals surface area (Å²) in [6.45, 7) is 0. The van der Waals surface area contributed by atoms with Crippen molar-refractivity contribution in [3.05, 3.63) is 38.4 Å². The summed E-state index contributed by atoms with van der Waals surface area (Å²) in [5.41, 5.74) is 0. The summed E-state index contributed by atoms with van der Waals surface area (Å²) in [4.78, 5) is 8.80. The van der Waals surface area contributed by atoms with Gasteiger partial charge in [-0.1, -0.05) is 29.3 Å².